The summed E-state index contributed by atoms with van der Waals surface area (Å²) in [7, 11) is 0. The molecule has 1 atom stereocenters. The zero-order valence-corrected chi connectivity index (χ0v) is 12.2. The van der Waals surface area contributed by atoms with Crippen molar-refractivity contribution < 1.29 is 19.0 Å². The Kier molecular flexibility index (Phi) is 4.78. The summed E-state index contributed by atoms with van der Waals surface area (Å²) in [4.78, 5) is 12.3. The minimum absolute atomic E-state index is 0.183. The monoisotopic (exact) mass is 278 g/mol. The Morgan fingerprint density at radius 2 is 2.30 bits per heavy atom. The number of ketones is 1. The second kappa shape index (κ2) is 6.37. The van der Waals surface area contributed by atoms with Crippen molar-refractivity contribution in [2.75, 3.05) is 6.61 Å². The van der Waals surface area contributed by atoms with Crippen molar-refractivity contribution >= 4 is 5.78 Å². The van der Waals surface area contributed by atoms with Gasteiger partial charge >= 0.3 is 5.97 Å². The van der Waals surface area contributed by atoms with Crippen LogP contribution in [0.5, 0.6) is 0 Å². The number of hydrogen-bond donors (Lipinski definition) is 0. The lowest BCUT2D eigenvalue weighted by atomic mass is 9.98. The molecule has 0 aromatic carbocycles. The van der Waals surface area contributed by atoms with Crippen LogP contribution >= 0.6 is 0 Å². The van der Waals surface area contributed by atoms with E-state index in [0.717, 1.165) is 24.8 Å². The average Bonchev–Trinajstić information content (AvgIpc) is 2.74. The number of rotatable bonds is 6. The maximum Gasteiger partial charge on any atom is 0.396 e. The SMILES string of the molecule is C=CCOC1(OC(C)C)OC(C2=CCCCC2)=CC1=O. The molecule has 2 aliphatic rings. The zero-order chi connectivity index (χ0) is 14.6. The number of ether oxygens (including phenoxy) is 3. The highest BCUT2D eigenvalue weighted by atomic mass is 16.9. The van der Waals surface area contributed by atoms with E-state index in [4.69, 9.17) is 14.2 Å². The van der Waals surface area contributed by atoms with Crippen LogP contribution in [0.1, 0.15) is 39.5 Å². The number of carbonyl (C=O) groups excluding carboxylic acids is 1. The molecule has 0 N–H and O–H groups in total. The molecule has 0 fully saturated rings. The van der Waals surface area contributed by atoms with Gasteiger partial charge in [-0.1, -0.05) is 12.2 Å². The first kappa shape index (κ1) is 15.0. The molecule has 0 radical (unpaired) electrons. The van der Waals surface area contributed by atoms with Crippen molar-refractivity contribution in [3.63, 3.8) is 0 Å². The predicted molar refractivity (Wildman–Crippen MR) is 75.8 cm³/mol. The molecule has 1 aliphatic carbocycles. The van der Waals surface area contributed by atoms with E-state index in [1.54, 1.807) is 6.08 Å². The topological polar surface area (TPSA) is 44.8 Å². The molecular weight excluding hydrogens is 256 g/mol. The minimum atomic E-state index is -1.64. The molecule has 2 rings (SSSR count). The fraction of sp³-hybridized carbons (Fsp3) is 0.562. The van der Waals surface area contributed by atoms with Gasteiger partial charge in [-0.05, 0) is 45.1 Å². The van der Waals surface area contributed by atoms with Gasteiger partial charge < -0.3 is 14.2 Å². The molecule has 0 amide bonds. The van der Waals surface area contributed by atoms with E-state index in [-0.39, 0.29) is 18.5 Å². The molecule has 20 heavy (non-hydrogen) atoms. The van der Waals surface area contributed by atoms with E-state index in [1.807, 2.05) is 13.8 Å². The maximum absolute atomic E-state index is 12.3. The molecular formula is C16H22O4. The van der Waals surface area contributed by atoms with E-state index in [0.29, 0.717) is 5.76 Å². The first-order valence-corrected chi connectivity index (χ1v) is 7.14. The highest BCUT2D eigenvalue weighted by Crippen LogP contribution is 2.35. The third-order valence-electron chi connectivity index (χ3n) is 3.20. The molecule has 110 valence electrons. The van der Waals surface area contributed by atoms with Gasteiger partial charge in [-0.3, -0.25) is 4.79 Å². The van der Waals surface area contributed by atoms with Gasteiger partial charge in [-0.25, -0.2) is 0 Å². The van der Waals surface area contributed by atoms with Crippen molar-refractivity contribution in [3.8, 4) is 0 Å². The van der Waals surface area contributed by atoms with Crippen molar-refractivity contribution in [1.82, 2.24) is 0 Å². The smallest absolute Gasteiger partial charge is 0.396 e. The van der Waals surface area contributed by atoms with Gasteiger partial charge in [-0.15, -0.1) is 6.58 Å². The van der Waals surface area contributed by atoms with Crippen LogP contribution in [0.3, 0.4) is 0 Å². The molecule has 1 heterocycles. The third-order valence-corrected chi connectivity index (χ3v) is 3.20. The van der Waals surface area contributed by atoms with Gasteiger partial charge in [0.15, 0.2) is 0 Å². The van der Waals surface area contributed by atoms with Crippen LogP contribution < -0.4 is 0 Å². The summed E-state index contributed by atoms with van der Waals surface area (Å²) < 4.78 is 16.9. The van der Waals surface area contributed by atoms with Crippen molar-refractivity contribution in [1.29, 1.82) is 0 Å². The van der Waals surface area contributed by atoms with Gasteiger partial charge in [0.25, 0.3) is 5.78 Å². The molecule has 4 nitrogen and oxygen atoms in total. The maximum atomic E-state index is 12.3. The second-order valence-corrected chi connectivity index (χ2v) is 5.27. The Bertz CT molecular complexity index is 447. The lowest BCUT2D eigenvalue weighted by Crippen LogP contribution is -2.44. The number of carbonyl (C=O) groups is 1. The van der Waals surface area contributed by atoms with Crippen LogP contribution in [0.4, 0.5) is 0 Å². The van der Waals surface area contributed by atoms with E-state index < -0.39 is 5.97 Å². The first-order valence-electron chi connectivity index (χ1n) is 7.14. The van der Waals surface area contributed by atoms with Crippen molar-refractivity contribution in [2.24, 2.45) is 0 Å². The Morgan fingerprint density at radius 1 is 1.50 bits per heavy atom. The standard InChI is InChI=1S/C16H22O4/c1-4-10-18-16(19-12(2)3)15(17)11-14(20-16)13-8-6-5-7-9-13/h4,8,11-12H,1,5-7,9-10H2,2-3H3. The summed E-state index contributed by atoms with van der Waals surface area (Å²) in [5.41, 5.74) is 1.07. The Hall–Kier alpha value is -1.39. The van der Waals surface area contributed by atoms with Gasteiger partial charge in [0.05, 0.1) is 12.7 Å². The largest absolute Gasteiger partial charge is 0.433 e. The summed E-state index contributed by atoms with van der Waals surface area (Å²) in [6.07, 6.45) is 9.26. The molecule has 1 unspecified atom stereocenters. The van der Waals surface area contributed by atoms with Gasteiger partial charge in [0.1, 0.15) is 5.76 Å². The highest BCUT2D eigenvalue weighted by Gasteiger charge is 2.49. The van der Waals surface area contributed by atoms with Gasteiger partial charge in [0.2, 0.25) is 0 Å². The molecule has 0 aromatic rings. The fourth-order valence-electron chi connectivity index (χ4n) is 2.35. The van der Waals surface area contributed by atoms with E-state index in [1.165, 1.54) is 12.5 Å². The van der Waals surface area contributed by atoms with Crippen LogP contribution in [0.2, 0.25) is 0 Å². The fourth-order valence-corrected chi connectivity index (χ4v) is 2.35. The summed E-state index contributed by atoms with van der Waals surface area (Å²) >= 11 is 0. The molecule has 0 saturated carbocycles. The van der Waals surface area contributed by atoms with Crippen LogP contribution in [0.15, 0.2) is 36.1 Å². The average molecular weight is 278 g/mol. The summed E-state index contributed by atoms with van der Waals surface area (Å²) in [5.74, 6) is -1.36. The quantitative estimate of drug-likeness (QED) is 0.552. The second-order valence-electron chi connectivity index (χ2n) is 5.27. The Labute approximate surface area is 120 Å². The van der Waals surface area contributed by atoms with Gasteiger partial charge in [0, 0.05) is 6.08 Å². The minimum Gasteiger partial charge on any atom is -0.433 e. The van der Waals surface area contributed by atoms with Crippen molar-refractivity contribution in [3.05, 3.63) is 36.1 Å². The number of hydrogen-bond acceptors (Lipinski definition) is 4. The highest BCUT2D eigenvalue weighted by molar-refractivity contribution is 5.97. The summed E-state index contributed by atoms with van der Waals surface area (Å²) in [5, 5.41) is 0. The summed E-state index contributed by atoms with van der Waals surface area (Å²) in [6.45, 7) is 7.46. The van der Waals surface area contributed by atoms with E-state index >= 15 is 0 Å². The van der Waals surface area contributed by atoms with Crippen molar-refractivity contribution in [2.45, 2.75) is 51.6 Å². The molecule has 0 aromatic heterocycles. The molecule has 4 heteroatoms. The zero-order valence-electron chi connectivity index (χ0n) is 12.2. The number of allylic oxidation sites excluding steroid dienone is 2. The first-order chi connectivity index (χ1) is 9.57. The molecule has 0 spiro atoms. The van der Waals surface area contributed by atoms with Crippen LogP contribution in [0, 0.1) is 0 Å². The van der Waals surface area contributed by atoms with Crippen LogP contribution in [0.25, 0.3) is 0 Å². The van der Waals surface area contributed by atoms with E-state index in [9.17, 15) is 4.79 Å². The molecule has 0 saturated heterocycles. The Morgan fingerprint density at radius 3 is 2.90 bits per heavy atom. The van der Waals surface area contributed by atoms with E-state index in [2.05, 4.69) is 12.7 Å². The normalized spacial score (nSPS) is 26.2. The third kappa shape index (κ3) is 3.19. The molecule has 1 aliphatic heterocycles. The summed E-state index contributed by atoms with van der Waals surface area (Å²) in [6, 6.07) is 0. The molecule has 0 bridgehead atoms. The Balaban J connectivity index is 2.17. The predicted octanol–water partition coefficient (Wildman–Crippen LogP) is 3.25. The van der Waals surface area contributed by atoms with Crippen LogP contribution in [-0.2, 0) is 19.0 Å². The van der Waals surface area contributed by atoms with Crippen LogP contribution in [-0.4, -0.2) is 24.5 Å². The lowest BCUT2D eigenvalue weighted by molar-refractivity contribution is -0.338. The van der Waals surface area contributed by atoms with Gasteiger partial charge in [-0.2, -0.15) is 0 Å². The lowest BCUT2D eigenvalue weighted by Gasteiger charge is -2.29.